The van der Waals surface area contributed by atoms with Crippen LogP contribution in [0.25, 0.3) is 0 Å². The molecule has 252 valence electrons. The summed E-state index contributed by atoms with van der Waals surface area (Å²) in [6, 6.07) is 0. The van der Waals surface area contributed by atoms with Crippen molar-refractivity contribution in [2.24, 2.45) is 17.8 Å². The minimum atomic E-state index is -0.898. The Morgan fingerprint density at radius 2 is 0.791 bits per heavy atom. The number of rotatable bonds is 31. The highest BCUT2D eigenvalue weighted by atomic mass is 16.4. The van der Waals surface area contributed by atoms with Gasteiger partial charge in [0, 0.05) is 6.42 Å². The lowest BCUT2D eigenvalue weighted by Crippen LogP contribution is -2.58. The van der Waals surface area contributed by atoms with E-state index >= 15 is 0 Å². The van der Waals surface area contributed by atoms with Crippen LogP contribution in [0.4, 0.5) is 0 Å². The standard InChI is InChI=1S/C36H67NO6/c1-5-9-10-11-12-13-14-15-16-17-18-19-20-21-22-23-24-25-26-27-37(28-31(6-2)34(38)39,29-32(7-3)35(40)41)30-33(8-4)36(42)43/h23-24,31-33H,5-22,25-30H2,1-4H3,(H2-,38,39,40,41,42,43)/p+1/b24-23+. The summed E-state index contributed by atoms with van der Waals surface area (Å²) in [5.74, 6) is -4.59. The van der Waals surface area contributed by atoms with Crippen molar-refractivity contribution in [3.63, 3.8) is 0 Å². The summed E-state index contributed by atoms with van der Waals surface area (Å²) in [4.78, 5) is 35.9. The Labute approximate surface area is 264 Å². The number of quaternary nitrogens is 1. The first-order valence-electron chi connectivity index (χ1n) is 17.8. The molecule has 0 aromatic rings. The minimum absolute atomic E-state index is 0.229. The van der Waals surface area contributed by atoms with Crippen LogP contribution in [-0.4, -0.2) is 63.9 Å². The Bertz CT molecular complexity index is 692. The number of allylic oxidation sites excluding steroid dienone is 2. The van der Waals surface area contributed by atoms with Gasteiger partial charge in [-0.15, -0.1) is 0 Å². The van der Waals surface area contributed by atoms with E-state index in [0.717, 1.165) is 19.3 Å². The predicted molar refractivity (Wildman–Crippen MR) is 177 cm³/mol. The molecule has 0 bridgehead atoms. The number of unbranched alkanes of at least 4 members (excludes halogenated alkanes) is 15. The lowest BCUT2D eigenvalue weighted by atomic mass is 9.95. The van der Waals surface area contributed by atoms with Crippen LogP contribution >= 0.6 is 0 Å². The summed E-state index contributed by atoms with van der Waals surface area (Å²) in [5.41, 5.74) is 0. The van der Waals surface area contributed by atoms with Crippen molar-refractivity contribution in [1.29, 1.82) is 0 Å². The number of carboxylic acids is 3. The molecule has 0 aliphatic rings. The van der Waals surface area contributed by atoms with E-state index in [1.807, 2.05) is 20.8 Å². The average Bonchev–Trinajstić information content (AvgIpc) is 2.98. The molecule has 0 radical (unpaired) electrons. The van der Waals surface area contributed by atoms with Gasteiger partial charge < -0.3 is 19.8 Å². The number of carbonyl (C=O) groups is 3. The zero-order valence-corrected chi connectivity index (χ0v) is 28.4. The first kappa shape index (κ1) is 41.1. The maximum atomic E-state index is 12.0. The Morgan fingerprint density at radius 3 is 1.09 bits per heavy atom. The van der Waals surface area contributed by atoms with Gasteiger partial charge in [-0.05, 0) is 38.5 Å². The topological polar surface area (TPSA) is 112 Å². The van der Waals surface area contributed by atoms with Crippen LogP contribution in [0.1, 0.15) is 156 Å². The van der Waals surface area contributed by atoms with Gasteiger partial charge in [-0.1, -0.05) is 123 Å². The zero-order chi connectivity index (χ0) is 32.3. The van der Waals surface area contributed by atoms with Crippen molar-refractivity contribution in [1.82, 2.24) is 0 Å². The molecule has 0 heterocycles. The Kier molecular flexibility index (Phi) is 25.3. The van der Waals surface area contributed by atoms with Crippen molar-refractivity contribution in [2.45, 2.75) is 156 Å². The van der Waals surface area contributed by atoms with E-state index in [9.17, 15) is 29.7 Å². The second kappa shape index (κ2) is 26.5. The van der Waals surface area contributed by atoms with Crippen molar-refractivity contribution < 1.29 is 34.2 Å². The summed E-state index contributed by atoms with van der Waals surface area (Å²) < 4.78 is 0.229. The van der Waals surface area contributed by atoms with Gasteiger partial charge in [0.1, 0.15) is 17.8 Å². The number of aliphatic carboxylic acids is 3. The normalized spacial score (nSPS) is 15.3. The van der Waals surface area contributed by atoms with Crippen LogP contribution in [0.2, 0.25) is 0 Å². The van der Waals surface area contributed by atoms with E-state index in [2.05, 4.69) is 19.1 Å². The maximum Gasteiger partial charge on any atom is 0.312 e. The number of carboxylic acid groups (broad SMARTS) is 3. The molecule has 7 heteroatoms. The van der Waals surface area contributed by atoms with E-state index in [1.165, 1.54) is 89.9 Å². The highest BCUT2D eigenvalue weighted by Gasteiger charge is 2.40. The van der Waals surface area contributed by atoms with Crippen LogP contribution < -0.4 is 0 Å². The fourth-order valence-corrected chi connectivity index (χ4v) is 6.28. The molecule has 0 spiro atoms. The van der Waals surface area contributed by atoms with Crippen LogP contribution in [0.5, 0.6) is 0 Å². The van der Waals surface area contributed by atoms with Gasteiger partial charge in [0.2, 0.25) is 0 Å². The zero-order valence-electron chi connectivity index (χ0n) is 28.4. The first-order valence-corrected chi connectivity index (χ1v) is 17.8. The fraction of sp³-hybridized carbons (Fsp3) is 0.861. The smallest absolute Gasteiger partial charge is 0.312 e. The average molecular weight is 611 g/mol. The van der Waals surface area contributed by atoms with Gasteiger partial charge in [-0.2, -0.15) is 0 Å². The number of hydrogen-bond acceptors (Lipinski definition) is 3. The lowest BCUT2D eigenvalue weighted by Gasteiger charge is -2.43. The van der Waals surface area contributed by atoms with Crippen molar-refractivity contribution >= 4 is 17.9 Å². The fourth-order valence-electron chi connectivity index (χ4n) is 6.28. The van der Waals surface area contributed by atoms with Gasteiger partial charge in [-0.3, -0.25) is 14.4 Å². The molecule has 0 rings (SSSR count). The summed E-state index contributed by atoms with van der Waals surface area (Å²) in [6.45, 7) is 9.14. The molecule has 0 aliphatic heterocycles. The molecule has 3 unspecified atom stereocenters. The first-order chi connectivity index (χ1) is 20.7. The van der Waals surface area contributed by atoms with Gasteiger partial charge >= 0.3 is 17.9 Å². The van der Waals surface area contributed by atoms with Crippen molar-refractivity contribution in [3.8, 4) is 0 Å². The molecular formula is C36H68NO6+. The van der Waals surface area contributed by atoms with E-state index in [1.54, 1.807) is 0 Å². The summed E-state index contributed by atoms with van der Waals surface area (Å²) in [7, 11) is 0. The molecule has 0 saturated heterocycles. The van der Waals surface area contributed by atoms with Crippen molar-refractivity contribution in [2.75, 3.05) is 26.2 Å². The predicted octanol–water partition coefficient (Wildman–Crippen LogP) is 9.34. The Hall–Kier alpha value is -1.89. The van der Waals surface area contributed by atoms with Crippen LogP contribution in [0, 0.1) is 17.8 Å². The monoisotopic (exact) mass is 611 g/mol. The second-order valence-electron chi connectivity index (χ2n) is 12.9. The summed E-state index contributed by atoms with van der Waals surface area (Å²) in [5, 5.41) is 29.5. The molecule has 0 fully saturated rings. The maximum absolute atomic E-state index is 12.0. The van der Waals surface area contributed by atoms with E-state index < -0.39 is 35.7 Å². The third kappa shape index (κ3) is 20.7. The van der Waals surface area contributed by atoms with Gasteiger partial charge in [-0.25, -0.2) is 0 Å². The third-order valence-corrected chi connectivity index (χ3v) is 9.24. The molecule has 7 nitrogen and oxygen atoms in total. The van der Waals surface area contributed by atoms with E-state index in [4.69, 9.17) is 0 Å². The number of nitrogens with zero attached hydrogens (tertiary/aromatic N) is 1. The largest absolute Gasteiger partial charge is 0.481 e. The van der Waals surface area contributed by atoms with Gasteiger partial charge in [0.05, 0.1) is 26.2 Å². The van der Waals surface area contributed by atoms with E-state index in [-0.39, 0.29) is 24.1 Å². The highest BCUT2D eigenvalue weighted by Crippen LogP contribution is 2.25. The Morgan fingerprint density at radius 1 is 0.488 bits per heavy atom. The third-order valence-electron chi connectivity index (χ3n) is 9.24. The van der Waals surface area contributed by atoms with Gasteiger partial charge in [0.15, 0.2) is 0 Å². The van der Waals surface area contributed by atoms with Gasteiger partial charge in [0.25, 0.3) is 0 Å². The molecule has 0 aromatic heterocycles. The van der Waals surface area contributed by atoms with Crippen LogP contribution in [0.15, 0.2) is 12.2 Å². The Balaban J connectivity index is 4.70. The minimum Gasteiger partial charge on any atom is -0.481 e. The lowest BCUT2D eigenvalue weighted by molar-refractivity contribution is -0.935. The van der Waals surface area contributed by atoms with Crippen LogP contribution in [0.3, 0.4) is 0 Å². The quantitative estimate of drug-likeness (QED) is 0.0410. The SMILES string of the molecule is CCCCCCCCCCCCCCCC/C=C/CCC[N+](CC(CC)C(=O)O)(CC(CC)C(=O)O)CC(CC)C(=O)O. The molecule has 0 aromatic carbocycles. The molecule has 3 N–H and O–H groups in total. The summed E-state index contributed by atoms with van der Waals surface area (Å²) >= 11 is 0. The molecule has 43 heavy (non-hydrogen) atoms. The summed E-state index contributed by atoms with van der Waals surface area (Å²) in [6.07, 6.45) is 27.3. The van der Waals surface area contributed by atoms with E-state index in [0.29, 0.717) is 25.8 Å². The molecule has 0 aliphatic carbocycles. The number of hydrogen-bond donors (Lipinski definition) is 3. The highest BCUT2D eigenvalue weighted by molar-refractivity contribution is 5.71. The second-order valence-corrected chi connectivity index (χ2v) is 12.9. The van der Waals surface area contributed by atoms with Crippen molar-refractivity contribution in [3.05, 3.63) is 12.2 Å². The molecule has 0 saturated carbocycles. The van der Waals surface area contributed by atoms with Crippen LogP contribution in [-0.2, 0) is 14.4 Å². The molecular weight excluding hydrogens is 542 g/mol. The molecule has 3 atom stereocenters. The molecule has 0 amide bonds.